The van der Waals surface area contributed by atoms with Crippen molar-refractivity contribution in [1.29, 1.82) is 0 Å². The second kappa shape index (κ2) is 9.92. The van der Waals surface area contributed by atoms with Crippen molar-refractivity contribution in [2.45, 2.75) is 6.92 Å². The first-order chi connectivity index (χ1) is 15.3. The lowest BCUT2D eigenvalue weighted by atomic mass is 10.2. The molecule has 0 aliphatic carbocycles. The molecule has 0 radical (unpaired) electrons. The van der Waals surface area contributed by atoms with Crippen molar-refractivity contribution in [2.75, 3.05) is 20.8 Å². The monoisotopic (exact) mass is 480 g/mol. The van der Waals surface area contributed by atoms with Crippen LogP contribution in [-0.2, 0) is 4.74 Å². The van der Waals surface area contributed by atoms with Crippen LogP contribution in [0, 0.1) is 11.6 Å². The van der Waals surface area contributed by atoms with Crippen molar-refractivity contribution in [2.24, 2.45) is 0 Å². The zero-order valence-electron chi connectivity index (χ0n) is 17.2. The Balaban J connectivity index is 0.000000182. The van der Waals surface area contributed by atoms with E-state index in [1.807, 2.05) is 0 Å². The van der Waals surface area contributed by atoms with Gasteiger partial charge in [-0.1, -0.05) is 12.1 Å². The van der Waals surface area contributed by atoms with Gasteiger partial charge >= 0.3 is 11.9 Å². The van der Waals surface area contributed by atoms with Crippen molar-refractivity contribution >= 4 is 54.8 Å². The zero-order valence-corrected chi connectivity index (χ0v) is 18.9. The number of carbonyl (C=O) groups is 2. The smallest absolute Gasteiger partial charge is 0.348 e. The van der Waals surface area contributed by atoms with Gasteiger partial charge in [-0.2, -0.15) is 0 Å². The van der Waals surface area contributed by atoms with E-state index >= 15 is 0 Å². The molecule has 0 spiro atoms. The SMILES string of the molecule is CCOC(=O)c1cc2ccc(F)c(OC)c2s1.COc1c(F)ccc2cc(C(=O)O)sc12. The fraction of sp³-hybridized carbons (Fsp3) is 0.182. The molecule has 168 valence electrons. The minimum Gasteiger partial charge on any atom is -0.492 e. The maximum Gasteiger partial charge on any atom is 0.348 e. The second-order valence-electron chi connectivity index (χ2n) is 6.24. The van der Waals surface area contributed by atoms with Gasteiger partial charge in [0.05, 0.1) is 30.2 Å². The van der Waals surface area contributed by atoms with Crippen LogP contribution in [0.25, 0.3) is 20.2 Å². The summed E-state index contributed by atoms with van der Waals surface area (Å²) in [5, 5.41) is 10.2. The summed E-state index contributed by atoms with van der Waals surface area (Å²) >= 11 is 2.18. The van der Waals surface area contributed by atoms with E-state index in [4.69, 9.17) is 19.3 Å². The van der Waals surface area contributed by atoms with Gasteiger partial charge in [0.15, 0.2) is 23.1 Å². The number of benzene rings is 2. The topological polar surface area (TPSA) is 82.1 Å². The molecule has 2 aromatic carbocycles. The number of hydrogen-bond donors (Lipinski definition) is 1. The maximum atomic E-state index is 13.4. The number of methoxy groups -OCH3 is 2. The Morgan fingerprint density at radius 3 is 1.78 bits per heavy atom. The molecule has 32 heavy (non-hydrogen) atoms. The van der Waals surface area contributed by atoms with Gasteiger partial charge in [-0.3, -0.25) is 0 Å². The highest BCUT2D eigenvalue weighted by Crippen LogP contribution is 2.36. The largest absolute Gasteiger partial charge is 0.492 e. The predicted octanol–water partition coefficient (Wildman–Crippen LogP) is 5.97. The number of thiophene rings is 2. The van der Waals surface area contributed by atoms with Gasteiger partial charge in [0.25, 0.3) is 0 Å². The van der Waals surface area contributed by atoms with E-state index in [-0.39, 0.29) is 16.4 Å². The van der Waals surface area contributed by atoms with Crippen LogP contribution < -0.4 is 9.47 Å². The average molecular weight is 481 g/mol. The Hall–Kier alpha value is -3.24. The van der Waals surface area contributed by atoms with Crippen LogP contribution in [0.15, 0.2) is 36.4 Å². The van der Waals surface area contributed by atoms with Gasteiger partial charge in [0, 0.05) is 0 Å². The normalized spacial score (nSPS) is 10.5. The summed E-state index contributed by atoms with van der Waals surface area (Å²) in [5.74, 6) is -2.05. The summed E-state index contributed by atoms with van der Waals surface area (Å²) in [6.45, 7) is 2.06. The molecule has 0 aliphatic heterocycles. The molecule has 0 aliphatic rings. The number of rotatable bonds is 5. The summed E-state index contributed by atoms with van der Waals surface area (Å²) in [6.07, 6.45) is 0. The van der Waals surface area contributed by atoms with Crippen LogP contribution in [-0.4, -0.2) is 37.9 Å². The summed E-state index contributed by atoms with van der Waals surface area (Å²) < 4.78 is 42.6. The van der Waals surface area contributed by atoms with E-state index in [1.165, 1.54) is 49.8 Å². The molecule has 4 rings (SSSR count). The molecule has 2 aromatic heterocycles. The summed E-state index contributed by atoms with van der Waals surface area (Å²) in [5.41, 5.74) is 0. The number of aromatic carboxylic acids is 1. The Kier molecular flexibility index (Phi) is 7.26. The minimum atomic E-state index is -1.02. The van der Waals surface area contributed by atoms with E-state index in [1.54, 1.807) is 19.1 Å². The van der Waals surface area contributed by atoms with Crippen LogP contribution in [0.4, 0.5) is 8.78 Å². The molecule has 0 atom stereocenters. The van der Waals surface area contributed by atoms with Crippen LogP contribution in [0.1, 0.15) is 26.3 Å². The number of fused-ring (bicyclic) bond motifs is 2. The first kappa shape index (κ1) is 23.4. The van der Waals surface area contributed by atoms with Crippen LogP contribution in [0.3, 0.4) is 0 Å². The molecular weight excluding hydrogens is 462 g/mol. The quantitative estimate of drug-likeness (QED) is 0.354. The van der Waals surface area contributed by atoms with E-state index in [2.05, 4.69) is 0 Å². The van der Waals surface area contributed by atoms with Crippen molar-refractivity contribution in [1.82, 2.24) is 0 Å². The first-order valence-electron chi connectivity index (χ1n) is 9.23. The standard InChI is InChI=1S/C12H11FO3S.C10H7FO3S/c1-3-16-12(14)9-6-7-4-5-8(13)10(15-2)11(7)17-9;1-14-8-6(11)3-2-5-4-7(10(12)13)15-9(5)8/h4-6H,3H2,1-2H3;2-4H,1H3,(H,12,13). The summed E-state index contributed by atoms with van der Waals surface area (Å²) in [4.78, 5) is 22.9. The van der Waals surface area contributed by atoms with E-state index in [0.29, 0.717) is 26.3 Å². The average Bonchev–Trinajstić information content (AvgIpc) is 3.39. The molecule has 10 heteroatoms. The molecule has 0 saturated heterocycles. The summed E-state index contributed by atoms with van der Waals surface area (Å²) in [7, 11) is 2.76. The van der Waals surface area contributed by atoms with Crippen LogP contribution >= 0.6 is 22.7 Å². The van der Waals surface area contributed by atoms with Gasteiger partial charge in [-0.25, -0.2) is 18.4 Å². The van der Waals surface area contributed by atoms with Crippen molar-refractivity contribution < 1.29 is 37.7 Å². The number of carboxylic acid groups (broad SMARTS) is 1. The molecule has 1 N–H and O–H groups in total. The summed E-state index contributed by atoms with van der Waals surface area (Å²) in [6, 6.07) is 8.93. The minimum absolute atomic E-state index is 0.102. The number of carboxylic acids is 1. The third-order valence-corrected chi connectivity index (χ3v) is 6.55. The highest BCUT2D eigenvalue weighted by Gasteiger charge is 2.16. The van der Waals surface area contributed by atoms with E-state index in [9.17, 15) is 18.4 Å². The molecular formula is C22H18F2O6S2. The highest BCUT2D eigenvalue weighted by atomic mass is 32.1. The van der Waals surface area contributed by atoms with Gasteiger partial charge < -0.3 is 19.3 Å². The second-order valence-corrected chi connectivity index (χ2v) is 8.35. The third kappa shape index (κ3) is 4.66. The molecule has 0 amide bonds. The van der Waals surface area contributed by atoms with Crippen LogP contribution in [0.5, 0.6) is 11.5 Å². The fourth-order valence-corrected chi connectivity index (χ4v) is 4.97. The lowest BCUT2D eigenvalue weighted by Gasteiger charge is -2.01. The molecule has 0 unspecified atom stereocenters. The van der Waals surface area contributed by atoms with E-state index in [0.717, 1.165) is 16.7 Å². The van der Waals surface area contributed by atoms with E-state index < -0.39 is 23.6 Å². The predicted molar refractivity (Wildman–Crippen MR) is 120 cm³/mol. The number of ether oxygens (including phenoxy) is 3. The van der Waals surface area contributed by atoms with Gasteiger partial charge in [0.2, 0.25) is 0 Å². The van der Waals surface area contributed by atoms with Gasteiger partial charge in [-0.05, 0) is 42.0 Å². The Labute approximate surface area is 189 Å². The lowest BCUT2D eigenvalue weighted by Crippen LogP contribution is -2.01. The number of esters is 1. The zero-order chi connectivity index (χ0) is 23.4. The molecule has 2 heterocycles. The van der Waals surface area contributed by atoms with Crippen molar-refractivity contribution in [3.63, 3.8) is 0 Å². The van der Waals surface area contributed by atoms with Crippen molar-refractivity contribution in [3.05, 3.63) is 57.8 Å². The number of halogens is 2. The third-order valence-electron chi connectivity index (χ3n) is 4.28. The Morgan fingerprint density at radius 1 is 0.875 bits per heavy atom. The van der Waals surface area contributed by atoms with Gasteiger partial charge in [0.1, 0.15) is 9.75 Å². The molecule has 6 nitrogen and oxygen atoms in total. The highest BCUT2D eigenvalue weighted by molar-refractivity contribution is 7.21. The van der Waals surface area contributed by atoms with Crippen molar-refractivity contribution in [3.8, 4) is 11.5 Å². The Morgan fingerprint density at radius 2 is 1.34 bits per heavy atom. The maximum absolute atomic E-state index is 13.4. The fourth-order valence-electron chi connectivity index (χ4n) is 2.90. The molecule has 0 fully saturated rings. The number of carbonyl (C=O) groups excluding carboxylic acids is 1. The first-order valence-corrected chi connectivity index (χ1v) is 10.9. The van der Waals surface area contributed by atoms with Gasteiger partial charge in [-0.15, -0.1) is 22.7 Å². The molecule has 0 saturated carbocycles. The Bertz CT molecular complexity index is 1290. The molecule has 4 aromatic rings. The number of hydrogen-bond acceptors (Lipinski definition) is 7. The molecule has 0 bridgehead atoms. The lowest BCUT2D eigenvalue weighted by molar-refractivity contribution is 0.0531. The van der Waals surface area contributed by atoms with Crippen LogP contribution in [0.2, 0.25) is 0 Å².